The Bertz CT molecular complexity index is 1990. The van der Waals surface area contributed by atoms with Gasteiger partial charge >= 0.3 is 0 Å². The second kappa shape index (κ2) is 29.0. The number of nitrogens with two attached hydrogens (primary N) is 2. The van der Waals surface area contributed by atoms with Crippen molar-refractivity contribution in [2.75, 3.05) is 37.9 Å². The lowest BCUT2D eigenvalue weighted by Crippen LogP contribution is -2.44. The predicted octanol–water partition coefficient (Wildman–Crippen LogP) is 11.8. The fourth-order valence-electron chi connectivity index (χ4n) is 9.00. The van der Waals surface area contributed by atoms with Crippen molar-refractivity contribution in [1.29, 1.82) is 0 Å². The van der Waals surface area contributed by atoms with Crippen LogP contribution in [0.15, 0.2) is 104 Å². The van der Waals surface area contributed by atoms with Crippen LogP contribution in [-0.2, 0) is 19.1 Å². The fraction of sp³-hybridized carbons (Fsp3) is 0.509. The Morgan fingerprint density at radius 1 is 0.627 bits per heavy atom. The summed E-state index contributed by atoms with van der Waals surface area (Å²) < 4.78 is 24.5. The van der Waals surface area contributed by atoms with Gasteiger partial charge in [-0.05, 0) is 167 Å². The summed E-state index contributed by atoms with van der Waals surface area (Å²) in [6.45, 7) is 10.5. The molecule has 1 unspecified atom stereocenters. The highest BCUT2D eigenvalue weighted by Crippen LogP contribution is 2.36. The Labute approximate surface area is 400 Å². The van der Waals surface area contributed by atoms with Crippen LogP contribution in [0.2, 0.25) is 0 Å². The van der Waals surface area contributed by atoms with Crippen molar-refractivity contribution in [3.8, 4) is 11.5 Å². The Balaban J connectivity index is 1.06. The summed E-state index contributed by atoms with van der Waals surface area (Å²) in [6.07, 6.45) is 30.1. The van der Waals surface area contributed by atoms with E-state index in [1.165, 1.54) is 62.8 Å². The first-order valence-electron chi connectivity index (χ1n) is 25.0. The Hall–Kier alpha value is -5.00. The minimum absolute atomic E-state index is 0.141. The van der Waals surface area contributed by atoms with Gasteiger partial charge in [0, 0.05) is 31.0 Å². The number of carbonyl (C=O) groups is 2. The van der Waals surface area contributed by atoms with Crippen LogP contribution in [0.5, 0.6) is 11.5 Å². The van der Waals surface area contributed by atoms with E-state index in [0.717, 1.165) is 113 Å². The third kappa shape index (κ3) is 18.9. The molecule has 2 fully saturated rings. The molecule has 0 radical (unpaired) electrons. The van der Waals surface area contributed by atoms with Crippen LogP contribution >= 0.6 is 0 Å². The molecule has 0 spiro atoms. The standard InChI is InChI=1S/C57H78N2O8/c1-3-5-7-9-11-13-37-64-49-31-20-45(21-32-49)41-66-51-27-16-43(17-28-51)15-26-48(60)40-54(53-35-25-47(58)39-55(53)59)57(62,63)56(61)36-24-44-18-29-52(30-19-44)67-42-46-22-33-50(34-23-46)65-38-14-12-10-8-6-4-2/h3-4,15-19,24-30,35-36,39,45-46,49-50,54,62-63H,1-2,5-14,20-23,31-34,37-38,40-42,58-59H2. The van der Waals surface area contributed by atoms with E-state index >= 15 is 0 Å². The third-order valence-electron chi connectivity index (χ3n) is 13.3. The molecular formula is C57H78N2O8. The van der Waals surface area contributed by atoms with Gasteiger partial charge < -0.3 is 40.6 Å². The number of carbonyl (C=O) groups excluding carboxylic acids is 2. The highest BCUT2D eigenvalue weighted by atomic mass is 16.5. The number of aliphatic hydroxyl groups is 2. The van der Waals surface area contributed by atoms with Crippen LogP contribution < -0.4 is 20.9 Å². The van der Waals surface area contributed by atoms with Crippen LogP contribution in [0, 0.1) is 11.8 Å². The normalized spacial score (nSPS) is 19.3. The van der Waals surface area contributed by atoms with Gasteiger partial charge in [0.2, 0.25) is 11.6 Å². The van der Waals surface area contributed by atoms with E-state index in [9.17, 15) is 19.8 Å². The summed E-state index contributed by atoms with van der Waals surface area (Å²) in [5.74, 6) is -3.32. The van der Waals surface area contributed by atoms with Crippen LogP contribution in [0.1, 0.15) is 145 Å². The van der Waals surface area contributed by atoms with Gasteiger partial charge in [-0.15, -0.1) is 13.2 Å². The molecule has 3 aromatic rings. The smallest absolute Gasteiger partial charge is 0.235 e. The van der Waals surface area contributed by atoms with E-state index in [1.807, 2.05) is 48.6 Å². The van der Waals surface area contributed by atoms with Gasteiger partial charge in [0.25, 0.3) is 0 Å². The molecule has 3 aromatic carbocycles. The second-order valence-corrected chi connectivity index (χ2v) is 18.6. The second-order valence-electron chi connectivity index (χ2n) is 18.6. The van der Waals surface area contributed by atoms with Crippen LogP contribution in [0.3, 0.4) is 0 Å². The molecule has 67 heavy (non-hydrogen) atoms. The molecule has 2 aliphatic carbocycles. The number of hydrogen-bond donors (Lipinski definition) is 4. The average molecular weight is 919 g/mol. The Kier molecular flexibility index (Phi) is 22.9. The van der Waals surface area contributed by atoms with Gasteiger partial charge in [0.05, 0.1) is 31.3 Å². The number of hydrogen-bond acceptors (Lipinski definition) is 10. The predicted molar refractivity (Wildman–Crippen MR) is 272 cm³/mol. The van der Waals surface area contributed by atoms with E-state index in [-0.39, 0.29) is 11.3 Å². The lowest BCUT2D eigenvalue weighted by molar-refractivity contribution is -0.187. The van der Waals surface area contributed by atoms with Crippen molar-refractivity contribution in [1.82, 2.24) is 0 Å². The molecule has 364 valence electrons. The Morgan fingerprint density at radius 3 is 1.55 bits per heavy atom. The number of ether oxygens (including phenoxy) is 4. The first kappa shape index (κ1) is 53.0. The number of nitrogen functional groups attached to an aromatic ring is 2. The summed E-state index contributed by atoms with van der Waals surface area (Å²) in [4.78, 5) is 27.0. The summed E-state index contributed by atoms with van der Waals surface area (Å²) in [6, 6.07) is 19.3. The summed E-state index contributed by atoms with van der Waals surface area (Å²) in [5, 5.41) is 22.9. The minimum atomic E-state index is -2.96. The van der Waals surface area contributed by atoms with Crippen molar-refractivity contribution in [2.24, 2.45) is 11.8 Å². The topological polar surface area (TPSA) is 164 Å². The maximum atomic E-state index is 13.5. The molecule has 10 heteroatoms. The zero-order valence-electron chi connectivity index (χ0n) is 39.9. The molecule has 6 N–H and O–H groups in total. The lowest BCUT2D eigenvalue weighted by atomic mass is 9.82. The number of anilines is 2. The summed E-state index contributed by atoms with van der Waals surface area (Å²) in [5.41, 5.74) is 14.4. The van der Waals surface area contributed by atoms with Gasteiger partial charge in [0.1, 0.15) is 11.5 Å². The first-order valence-corrected chi connectivity index (χ1v) is 25.0. The highest BCUT2D eigenvalue weighted by Gasteiger charge is 2.43. The molecule has 1 atom stereocenters. The number of rotatable bonds is 31. The van der Waals surface area contributed by atoms with E-state index in [2.05, 4.69) is 13.2 Å². The van der Waals surface area contributed by atoms with Crippen molar-refractivity contribution < 1.29 is 38.7 Å². The van der Waals surface area contributed by atoms with Crippen LogP contribution in [0.4, 0.5) is 11.4 Å². The Morgan fingerprint density at radius 2 is 1.09 bits per heavy atom. The van der Waals surface area contributed by atoms with Crippen molar-refractivity contribution in [2.45, 2.75) is 146 Å². The average Bonchev–Trinajstić information content (AvgIpc) is 3.34. The molecule has 0 bridgehead atoms. The quantitative estimate of drug-likeness (QED) is 0.0161. The van der Waals surface area contributed by atoms with E-state index in [1.54, 1.807) is 24.3 Å². The molecule has 0 saturated heterocycles. The van der Waals surface area contributed by atoms with Gasteiger partial charge in [0.15, 0.2) is 5.78 Å². The highest BCUT2D eigenvalue weighted by molar-refractivity contribution is 6.01. The van der Waals surface area contributed by atoms with Crippen LogP contribution in [0.25, 0.3) is 12.2 Å². The van der Waals surface area contributed by atoms with Gasteiger partial charge in [-0.1, -0.05) is 80.3 Å². The molecule has 2 saturated carbocycles. The molecule has 0 heterocycles. The zero-order valence-corrected chi connectivity index (χ0v) is 39.9. The summed E-state index contributed by atoms with van der Waals surface area (Å²) in [7, 11) is 0. The molecular weight excluding hydrogens is 841 g/mol. The largest absolute Gasteiger partial charge is 0.493 e. The van der Waals surface area contributed by atoms with Gasteiger partial charge in [-0.3, -0.25) is 9.59 Å². The molecule has 10 nitrogen and oxygen atoms in total. The number of benzene rings is 3. The molecule has 0 aromatic heterocycles. The number of ketones is 2. The molecule has 2 aliphatic rings. The maximum absolute atomic E-state index is 13.5. The molecule has 5 rings (SSSR count). The SMILES string of the molecule is C=CCCCCCCOC1CCC(COc2ccc(C=CC(=O)CC(c3ccc(N)cc3N)C(O)(O)C(=O)C=Cc3ccc(OCC4CCC(OCCCCCCC=C)CC4)cc3)cc2)CC1. The summed E-state index contributed by atoms with van der Waals surface area (Å²) >= 11 is 0. The minimum Gasteiger partial charge on any atom is -0.493 e. The van der Waals surface area contributed by atoms with E-state index < -0.39 is 29.7 Å². The van der Waals surface area contributed by atoms with Crippen molar-refractivity contribution >= 4 is 35.1 Å². The van der Waals surface area contributed by atoms with E-state index in [0.29, 0.717) is 48.5 Å². The molecule has 0 aliphatic heterocycles. The van der Waals surface area contributed by atoms with Gasteiger partial charge in [-0.25, -0.2) is 0 Å². The molecule has 0 amide bonds. The van der Waals surface area contributed by atoms with Gasteiger partial charge in [-0.2, -0.15) is 0 Å². The van der Waals surface area contributed by atoms with Crippen molar-refractivity contribution in [3.05, 3.63) is 121 Å². The zero-order chi connectivity index (χ0) is 47.7. The first-order chi connectivity index (χ1) is 32.5. The van der Waals surface area contributed by atoms with E-state index in [4.69, 9.17) is 30.4 Å². The number of allylic oxidation sites excluding steroid dienone is 3. The lowest BCUT2D eigenvalue weighted by Gasteiger charge is -2.30. The maximum Gasteiger partial charge on any atom is 0.235 e. The fourth-order valence-corrected chi connectivity index (χ4v) is 9.00. The van der Waals surface area contributed by atoms with Crippen molar-refractivity contribution in [3.63, 3.8) is 0 Å². The van der Waals surface area contributed by atoms with Crippen LogP contribution in [-0.4, -0.2) is 66.2 Å². The number of unbranched alkanes of at least 4 members (excludes halogenated alkanes) is 8. The monoisotopic (exact) mass is 919 g/mol. The third-order valence-corrected chi connectivity index (χ3v) is 13.3.